The normalized spacial score (nSPS) is 11.7. The molecule has 0 atom stereocenters. The Hall–Kier alpha value is -0.350. The van der Waals surface area contributed by atoms with E-state index in [0.717, 1.165) is 17.4 Å². The van der Waals surface area contributed by atoms with Crippen LogP contribution in [0.3, 0.4) is 0 Å². The van der Waals surface area contributed by atoms with Crippen LogP contribution in [-0.2, 0) is 6.42 Å². The fourth-order valence-electron chi connectivity index (χ4n) is 1.52. The van der Waals surface area contributed by atoms with Gasteiger partial charge in [-0.1, -0.05) is 13.8 Å². The maximum absolute atomic E-state index is 4.36. The average Bonchev–Trinajstić information content (AvgIpc) is 2.47. The highest BCUT2D eigenvalue weighted by Crippen LogP contribution is 2.19. The van der Waals surface area contributed by atoms with Gasteiger partial charge in [0, 0.05) is 25.0 Å². The van der Waals surface area contributed by atoms with Crippen molar-refractivity contribution in [2.45, 2.75) is 46.2 Å². The Kier molecular flexibility index (Phi) is 4.80. The quantitative estimate of drug-likeness (QED) is 0.894. The first-order chi connectivity index (χ1) is 7.02. The number of hydrogen-bond acceptors (Lipinski definition) is 2. The Morgan fingerprint density at radius 2 is 2.07 bits per heavy atom. The van der Waals surface area contributed by atoms with Gasteiger partial charge in [-0.3, -0.25) is 4.68 Å². The third-order valence-corrected chi connectivity index (χ3v) is 2.91. The molecule has 0 saturated carbocycles. The molecule has 86 valence electrons. The second-order valence-corrected chi connectivity index (χ2v) is 5.19. The summed E-state index contributed by atoms with van der Waals surface area (Å²) in [6, 6.07) is 0.963. The van der Waals surface area contributed by atoms with E-state index in [4.69, 9.17) is 0 Å². The molecule has 0 spiro atoms. The molecule has 0 unspecified atom stereocenters. The van der Waals surface area contributed by atoms with E-state index in [0.29, 0.717) is 12.1 Å². The highest BCUT2D eigenvalue weighted by Gasteiger charge is 2.10. The maximum Gasteiger partial charge on any atom is 0.0635 e. The molecule has 15 heavy (non-hydrogen) atoms. The van der Waals surface area contributed by atoms with E-state index in [9.17, 15) is 0 Å². The standard InChI is InChI=1S/C11H20BrN3/c1-8(2)13-6-5-11-10(12)7-14-15(11)9(3)4/h7-9,13H,5-6H2,1-4H3. The van der Waals surface area contributed by atoms with Crippen LogP contribution in [0, 0.1) is 0 Å². The van der Waals surface area contributed by atoms with Gasteiger partial charge in [-0.2, -0.15) is 5.10 Å². The summed E-state index contributed by atoms with van der Waals surface area (Å²) in [7, 11) is 0. The van der Waals surface area contributed by atoms with E-state index in [1.54, 1.807) is 0 Å². The van der Waals surface area contributed by atoms with E-state index in [-0.39, 0.29) is 0 Å². The zero-order valence-electron chi connectivity index (χ0n) is 9.92. The summed E-state index contributed by atoms with van der Waals surface area (Å²) < 4.78 is 3.19. The molecule has 0 bridgehead atoms. The lowest BCUT2D eigenvalue weighted by Crippen LogP contribution is -2.26. The predicted molar refractivity (Wildman–Crippen MR) is 67.2 cm³/mol. The third-order valence-electron chi connectivity index (χ3n) is 2.25. The minimum Gasteiger partial charge on any atom is -0.314 e. The molecule has 0 saturated heterocycles. The fourth-order valence-corrected chi connectivity index (χ4v) is 2.00. The van der Waals surface area contributed by atoms with Crippen LogP contribution in [-0.4, -0.2) is 22.4 Å². The minimum atomic E-state index is 0.422. The first-order valence-electron chi connectivity index (χ1n) is 5.47. The third kappa shape index (κ3) is 3.61. The highest BCUT2D eigenvalue weighted by molar-refractivity contribution is 9.10. The van der Waals surface area contributed by atoms with Crippen LogP contribution in [0.15, 0.2) is 10.7 Å². The molecule has 1 rings (SSSR count). The lowest BCUT2D eigenvalue weighted by molar-refractivity contribution is 0.497. The Labute approximate surface area is 100 Å². The molecule has 1 aromatic rings. The SMILES string of the molecule is CC(C)NCCc1c(Br)cnn1C(C)C. The van der Waals surface area contributed by atoms with Crippen LogP contribution in [0.4, 0.5) is 0 Å². The van der Waals surface area contributed by atoms with Crippen LogP contribution in [0.25, 0.3) is 0 Å². The maximum atomic E-state index is 4.36. The van der Waals surface area contributed by atoms with Crippen LogP contribution < -0.4 is 5.32 Å². The van der Waals surface area contributed by atoms with E-state index in [1.165, 1.54) is 5.69 Å². The van der Waals surface area contributed by atoms with Crippen molar-refractivity contribution in [2.24, 2.45) is 0 Å². The van der Waals surface area contributed by atoms with Crippen molar-refractivity contribution in [2.75, 3.05) is 6.54 Å². The summed E-state index contributed by atoms with van der Waals surface area (Å²) in [4.78, 5) is 0. The van der Waals surface area contributed by atoms with E-state index in [2.05, 4.69) is 58.7 Å². The molecule has 4 heteroatoms. The Bertz CT molecular complexity index is 305. The van der Waals surface area contributed by atoms with Gasteiger partial charge in [0.25, 0.3) is 0 Å². The monoisotopic (exact) mass is 273 g/mol. The Morgan fingerprint density at radius 3 is 2.60 bits per heavy atom. The Morgan fingerprint density at radius 1 is 1.40 bits per heavy atom. The zero-order valence-corrected chi connectivity index (χ0v) is 11.5. The molecule has 1 N–H and O–H groups in total. The fraction of sp³-hybridized carbons (Fsp3) is 0.727. The summed E-state index contributed by atoms with van der Waals surface area (Å²) in [5.74, 6) is 0. The van der Waals surface area contributed by atoms with Gasteiger partial charge in [-0.05, 0) is 29.8 Å². The predicted octanol–water partition coefficient (Wildman–Crippen LogP) is 2.77. The van der Waals surface area contributed by atoms with Crippen LogP contribution in [0.2, 0.25) is 0 Å². The molecule has 3 nitrogen and oxygen atoms in total. The van der Waals surface area contributed by atoms with Crippen LogP contribution in [0.5, 0.6) is 0 Å². The van der Waals surface area contributed by atoms with Gasteiger partial charge < -0.3 is 5.32 Å². The average molecular weight is 274 g/mol. The minimum absolute atomic E-state index is 0.422. The lowest BCUT2D eigenvalue weighted by Gasteiger charge is -2.13. The highest BCUT2D eigenvalue weighted by atomic mass is 79.9. The van der Waals surface area contributed by atoms with Gasteiger partial charge in [0.2, 0.25) is 0 Å². The van der Waals surface area contributed by atoms with Crippen LogP contribution in [0.1, 0.15) is 39.4 Å². The first kappa shape index (κ1) is 12.7. The van der Waals surface area contributed by atoms with Crippen molar-refractivity contribution in [1.29, 1.82) is 0 Å². The number of aromatic nitrogens is 2. The van der Waals surface area contributed by atoms with Gasteiger partial charge >= 0.3 is 0 Å². The van der Waals surface area contributed by atoms with E-state index < -0.39 is 0 Å². The van der Waals surface area contributed by atoms with Crippen molar-refractivity contribution >= 4 is 15.9 Å². The second-order valence-electron chi connectivity index (χ2n) is 4.34. The largest absolute Gasteiger partial charge is 0.314 e. The Balaban J connectivity index is 2.62. The van der Waals surface area contributed by atoms with E-state index >= 15 is 0 Å². The summed E-state index contributed by atoms with van der Waals surface area (Å²) in [5.41, 5.74) is 1.28. The van der Waals surface area contributed by atoms with Crippen molar-refractivity contribution in [3.63, 3.8) is 0 Å². The summed E-state index contributed by atoms with van der Waals surface area (Å²) in [6.07, 6.45) is 2.89. The number of halogens is 1. The van der Waals surface area contributed by atoms with Gasteiger partial charge in [0.1, 0.15) is 0 Å². The summed E-state index contributed by atoms with van der Waals surface area (Å²) in [6.45, 7) is 9.62. The second kappa shape index (κ2) is 5.66. The van der Waals surface area contributed by atoms with Gasteiger partial charge in [0.15, 0.2) is 0 Å². The van der Waals surface area contributed by atoms with Gasteiger partial charge in [-0.25, -0.2) is 0 Å². The van der Waals surface area contributed by atoms with Crippen molar-refractivity contribution in [3.05, 3.63) is 16.4 Å². The molecule has 0 aliphatic heterocycles. The molecular weight excluding hydrogens is 254 g/mol. The van der Waals surface area contributed by atoms with Gasteiger partial charge in [-0.15, -0.1) is 0 Å². The first-order valence-corrected chi connectivity index (χ1v) is 6.27. The van der Waals surface area contributed by atoms with Crippen molar-refractivity contribution in [1.82, 2.24) is 15.1 Å². The molecule has 1 heterocycles. The smallest absolute Gasteiger partial charge is 0.0635 e. The van der Waals surface area contributed by atoms with Crippen molar-refractivity contribution < 1.29 is 0 Å². The number of hydrogen-bond donors (Lipinski definition) is 1. The molecule has 0 fully saturated rings. The number of rotatable bonds is 5. The molecule has 0 amide bonds. The molecule has 1 aromatic heterocycles. The van der Waals surface area contributed by atoms with Crippen molar-refractivity contribution in [3.8, 4) is 0 Å². The molecular formula is C11H20BrN3. The molecule has 0 aliphatic carbocycles. The van der Waals surface area contributed by atoms with Gasteiger partial charge in [0.05, 0.1) is 16.4 Å². The summed E-state index contributed by atoms with van der Waals surface area (Å²) in [5, 5.41) is 7.77. The lowest BCUT2D eigenvalue weighted by atomic mass is 10.2. The van der Waals surface area contributed by atoms with Crippen LogP contribution >= 0.6 is 15.9 Å². The summed E-state index contributed by atoms with van der Waals surface area (Å²) >= 11 is 3.54. The number of nitrogens with one attached hydrogen (secondary N) is 1. The zero-order chi connectivity index (χ0) is 11.4. The topological polar surface area (TPSA) is 29.9 Å². The molecule has 0 aromatic carbocycles. The molecule has 0 radical (unpaired) electrons. The molecule has 0 aliphatic rings. The van der Waals surface area contributed by atoms with E-state index in [1.807, 2.05) is 6.20 Å². The number of nitrogens with zero attached hydrogens (tertiary/aromatic N) is 2.